The maximum Gasteiger partial charge on any atom is 0.325 e. The Hall–Kier alpha value is -0.610. The Bertz CT molecular complexity index is 242. The summed E-state index contributed by atoms with van der Waals surface area (Å²) in [6.07, 6.45) is 1.76. The highest BCUT2D eigenvalue weighted by Crippen LogP contribution is 2.16. The van der Waals surface area contributed by atoms with E-state index in [2.05, 4.69) is 32.7 Å². The summed E-state index contributed by atoms with van der Waals surface area (Å²) >= 11 is 0. The van der Waals surface area contributed by atoms with Crippen molar-refractivity contribution in [2.45, 2.75) is 52.1 Å². The molecule has 0 saturated carbocycles. The maximum atomic E-state index is 11.5. The van der Waals surface area contributed by atoms with Gasteiger partial charge in [0.15, 0.2) is 0 Å². The highest BCUT2D eigenvalue weighted by molar-refractivity contribution is 5.79. The van der Waals surface area contributed by atoms with Gasteiger partial charge in [0.2, 0.25) is 0 Å². The van der Waals surface area contributed by atoms with Crippen molar-refractivity contribution in [3.63, 3.8) is 0 Å². The predicted molar refractivity (Wildman–Crippen MR) is 70.8 cm³/mol. The lowest BCUT2D eigenvalue weighted by Crippen LogP contribution is -2.50. The van der Waals surface area contributed by atoms with E-state index in [0.29, 0.717) is 12.3 Å². The van der Waals surface area contributed by atoms with Crippen molar-refractivity contribution < 1.29 is 9.53 Å². The van der Waals surface area contributed by atoms with E-state index >= 15 is 0 Å². The standard InChI is InChI=1S/C13H28N2O2/c1-7-10(2)9-15(5)11(3)8-13(4,14)12(16)17-6/h10-11H,7-9,14H2,1-6H3. The molecule has 3 unspecified atom stereocenters. The lowest BCUT2D eigenvalue weighted by Gasteiger charge is -2.32. The molecule has 102 valence electrons. The van der Waals surface area contributed by atoms with Crippen LogP contribution in [0.2, 0.25) is 0 Å². The van der Waals surface area contributed by atoms with Crippen LogP contribution in [-0.4, -0.2) is 43.2 Å². The first-order valence-electron chi connectivity index (χ1n) is 6.32. The Balaban J connectivity index is 4.32. The Morgan fingerprint density at radius 2 is 2.00 bits per heavy atom. The van der Waals surface area contributed by atoms with Gasteiger partial charge in [-0.15, -0.1) is 0 Å². The van der Waals surface area contributed by atoms with E-state index in [1.54, 1.807) is 6.92 Å². The largest absolute Gasteiger partial charge is 0.468 e. The van der Waals surface area contributed by atoms with Crippen molar-refractivity contribution in [1.82, 2.24) is 4.90 Å². The Morgan fingerprint density at radius 1 is 1.47 bits per heavy atom. The van der Waals surface area contributed by atoms with Gasteiger partial charge in [-0.25, -0.2) is 0 Å². The van der Waals surface area contributed by atoms with Gasteiger partial charge in [0, 0.05) is 12.6 Å². The van der Waals surface area contributed by atoms with Gasteiger partial charge in [-0.05, 0) is 33.2 Å². The number of hydrogen-bond acceptors (Lipinski definition) is 4. The molecule has 3 atom stereocenters. The van der Waals surface area contributed by atoms with Crippen molar-refractivity contribution in [3.05, 3.63) is 0 Å². The number of methoxy groups -OCH3 is 1. The summed E-state index contributed by atoms with van der Waals surface area (Å²) in [4.78, 5) is 13.8. The molecule has 0 aliphatic heterocycles. The molecular formula is C13H28N2O2. The molecule has 0 radical (unpaired) electrons. The number of carbonyl (C=O) groups is 1. The third-order valence-electron chi connectivity index (χ3n) is 3.42. The number of rotatable bonds is 7. The average molecular weight is 244 g/mol. The fourth-order valence-electron chi connectivity index (χ4n) is 1.89. The molecule has 0 aromatic heterocycles. The molecule has 0 aliphatic carbocycles. The van der Waals surface area contributed by atoms with Crippen LogP contribution in [-0.2, 0) is 9.53 Å². The molecular weight excluding hydrogens is 216 g/mol. The highest BCUT2D eigenvalue weighted by Gasteiger charge is 2.32. The molecule has 0 aromatic carbocycles. The molecule has 0 heterocycles. The lowest BCUT2D eigenvalue weighted by atomic mass is 9.94. The summed E-state index contributed by atoms with van der Waals surface area (Å²) < 4.78 is 4.72. The van der Waals surface area contributed by atoms with Crippen LogP contribution in [0, 0.1) is 5.92 Å². The monoisotopic (exact) mass is 244 g/mol. The first kappa shape index (κ1) is 16.4. The van der Waals surface area contributed by atoms with Crippen molar-refractivity contribution in [1.29, 1.82) is 0 Å². The van der Waals surface area contributed by atoms with Crippen LogP contribution in [0.5, 0.6) is 0 Å². The zero-order valence-electron chi connectivity index (χ0n) is 12.1. The summed E-state index contributed by atoms with van der Waals surface area (Å²) in [7, 11) is 3.45. The fraction of sp³-hybridized carbons (Fsp3) is 0.923. The zero-order valence-corrected chi connectivity index (χ0v) is 12.1. The van der Waals surface area contributed by atoms with Gasteiger partial charge < -0.3 is 15.4 Å². The van der Waals surface area contributed by atoms with E-state index in [1.165, 1.54) is 7.11 Å². The smallest absolute Gasteiger partial charge is 0.325 e. The van der Waals surface area contributed by atoms with Crippen LogP contribution in [0.1, 0.15) is 40.5 Å². The van der Waals surface area contributed by atoms with E-state index in [0.717, 1.165) is 13.0 Å². The van der Waals surface area contributed by atoms with Crippen molar-refractivity contribution in [3.8, 4) is 0 Å². The first-order valence-corrected chi connectivity index (χ1v) is 6.32. The molecule has 2 N–H and O–H groups in total. The van der Waals surface area contributed by atoms with Gasteiger partial charge in [0.05, 0.1) is 7.11 Å². The molecule has 0 saturated heterocycles. The van der Waals surface area contributed by atoms with E-state index in [-0.39, 0.29) is 12.0 Å². The number of nitrogens with zero attached hydrogens (tertiary/aromatic N) is 1. The second kappa shape index (κ2) is 6.97. The van der Waals surface area contributed by atoms with Crippen LogP contribution < -0.4 is 5.73 Å². The highest BCUT2D eigenvalue weighted by atomic mass is 16.5. The third kappa shape index (κ3) is 5.50. The van der Waals surface area contributed by atoms with Gasteiger partial charge in [-0.3, -0.25) is 4.79 Å². The van der Waals surface area contributed by atoms with E-state index in [4.69, 9.17) is 10.5 Å². The topological polar surface area (TPSA) is 55.6 Å². The SMILES string of the molecule is CCC(C)CN(C)C(C)CC(C)(N)C(=O)OC. The number of nitrogens with two attached hydrogens (primary N) is 1. The number of esters is 1. The van der Waals surface area contributed by atoms with E-state index in [9.17, 15) is 4.79 Å². The third-order valence-corrected chi connectivity index (χ3v) is 3.42. The number of carbonyl (C=O) groups excluding carboxylic acids is 1. The summed E-state index contributed by atoms with van der Waals surface area (Å²) in [5.74, 6) is 0.311. The molecule has 17 heavy (non-hydrogen) atoms. The lowest BCUT2D eigenvalue weighted by molar-refractivity contribution is -0.147. The molecule has 0 aliphatic rings. The molecule has 0 spiro atoms. The van der Waals surface area contributed by atoms with Crippen molar-refractivity contribution >= 4 is 5.97 Å². The molecule has 4 nitrogen and oxygen atoms in total. The molecule has 0 aromatic rings. The molecule has 0 fully saturated rings. The minimum atomic E-state index is -0.905. The fourth-order valence-corrected chi connectivity index (χ4v) is 1.89. The molecule has 0 amide bonds. The van der Waals surface area contributed by atoms with E-state index < -0.39 is 5.54 Å². The van der Waals surface area contributed by atoms with Crippen LogP contribution >= 0.6 is 0 Å². The van der Waals surface area contributed by atoms with Gasteiger partial charge in [0.25, 0.3) is 0 Å². The number of hydrogen-bond donors (Lipinski definition) is 1. The summed E-state index contributed by atoms with van der Waals surface area (Å²) in [6, 6.07) is 0.262. The second-order valence-electron chi connectivity index (χ2n) is 5.42. The zero-order chi connectivity index (χ0) is 13.6. The second-order valence-corrected chi connectivity index (χ2v) is 5.42. The Kier molecular flexibility index (Phi) is 6.72. The van der Waals surface area contributed by atoms with Crippen LogP contribution in [0.15, 0.2) is 0 Å². The molecule has 0 rings (SSSR count). The van der Waals surface area contributed by atoms with Crippen molar-refractivity contribution in [2.75, 3.05) is 20.7 Å². The maximum absolute atomic E-state index is 11.5. The normalized spacial score (nSPS) is 18.6. The van der Waals surface area contributed by atoms with Crippen LogP contribution in [0.3, 0.4) is 0 Å². The Morgan fingerprint density at radius 3 is 2.41 bits per heavy atom. The average Bonchev–Trinajstić information content (AvgIpc) is 2.26. The van der Waals surface area contributed by atoms with Crippen LogP contribution in [0.4, 0.5) is 0 Å². The predicted octanol–water partition coefficient (Wildman–Crippen LogP) is 1.63. The molecule has 0 bridgehead atoms. The van der Waals surface area contributed by atoms with E-state index in [1.807, 2.05) is 0 Å². The summed E-state index contributed by atoms with van der Waals surface area (Å²) in [6.45, 7) is 9.26. The molecule has 4 heteroatoms. The minimum absolute atomic E-state index is 0.262. The number of ether oxygens (including phenoxy) is 1. The quantitative estimate of drug-likeness (QED) is 0.692. The first-order chi connectivity index (χ1) is 7.74. The Labute approximate surface area is 105 Å². The van der Waals surface area contributed by atoms with Crippen molar-refractivity contribution in [2.24, 2.45) is 11.7 Å². The van der Waals surface area contributed by atoms with Gasteiger partial charge in [-0.2, -0.15) is 0 Å². The van der Waals surface area contributed by atoms with Gasteiger partial charge >= 0.3 is 5.97 Å². The van der Waals surface area contributed by atoms with Gasteiger partial charge in [0.1, 0.15) is 5.54 Å². The van der Waals surface area contributed by atoms with Crippen LogP contribution in [0.25, 0.3) is 0 Å². The minimum Gasteiger partial charge on any atom is -0.468 e. The summed E-state index contributed by atoms with van der Waals surface area (Å²) in [5.41, 5.74) is 5.07. The summed E-state index contributed by atoms with van der Waals surface area (Å²) in [5, 5.41) is 0. The van der Waals surface area contributed by atoms with Gasteiger partial charge in [-0.1, -0.05) is 20.3 Å².